The fraction of sp³-hybridized carbons (Fsp3) is 0.182. The molecule has 8 heteroatoms. The van der Waals surface area contributed by atoms with Gasteiger partial charge in [0, 0.05) is 30.1 Å². The summed E-state index contributed by atoms with van der Waals surface area (Å²) in [6, 6.07) is 16.0. The summed E-state index contributed by atoms with van der Waals surface area (Å²) in [5.74, 6) is -0.00409. The lowest BCUT2D eigenvalue weighted by Crippen LogP contribution is -2.38. The van der Waals surface area contributed by atoms with E-state index in [4.69, 9.17) is 4.74 Å². The number of H-pyrrole nitrogens is 1. The van der Waals surface area contributed by atoms with E-state index in [1.165, 1.54) is 0 Å². The predicted octanol–water partition coefficient (Wildman–Crippen LogP) is 3.21. The minimum atomic E-state index is -0.656. The number of ether oxygens (including phenoxy) is 1. The Kier molecular flexibility index (Phi) is 5.56. The molecule has 0 spiro atoms. The molecule has 0 saturated heterocycles. The molecule has 1 aromatic heterocycles. The molecule has 2 N–H and O–H groups in total. The molecular weight excluding hydrogens is 382 g/mol. The molecule has 2 heterocycles. The number of amides is 1. The van der Waals surface area contributed by atoms with E-state index in [-0.39, 0.29) is 24.6 Å². The molecule has 4 rings (SSSR count). The Morgan fingerprint density at radius 1 is 1.17 bits per heavy atom. The first-order valence-corrected chi connectivity index (χ1v) is 9.65. The molecule has 1 amide bonds. The van der Waals surface area contributed by atoms with E-state index in [9.17, 15) is 9.59 Å². The number of aromatic amines is 1. The predicted molar refractivity (Wildman–Crippen MR) is 114 cm³/mol. The maximum absolute atomic E-state index is 13.0. The molecule has 1 aliphatic heterocycles. The van der Waals surface area contributed by atoms with E-state index in [1.807, 2.05) is 54.6 Å². The first-order valence-electron chi connectivity index (χ1n) is 9.65. The summed E-state index contributed by atoms with van der Waals surface area (Å²) in [6.45, 7) is 1.99. The van der Waals surface area contributed by atoms with Crippen LogP contribution >= 0.6 is 0 Å². The van der Waals surface area contributed by atoms with Crippen LogP contribution in [0.1, 0.15) is 13.3 Å². The van der Waals surface area contributed by atoms with Crippen molar-refractivity contribution in [3.8, 4) is 11.4 Å². The molecule has 1 unspecified atom stereocenters. The number of carbonyl (C=O) groups excluding carboxylic acids is 2. The van der Waals surface area contributed by atoms with Crippen LogP contribution in [0.25, 0.3) is 11.4 Å². The molecule has 0 fully saturated rings. The molecular formula is C22H21N5O3. The zero-order valence-corrected chi connectivity index (χ0v) is 16.4. The van der Waals surface area contributed by atoms with Crippen molar-refractivity contribution in [3.05, 3.63) is 67.0 Å². The largest absolute Gasteiger partial charge is 0.461 e. The number of hydrogen-bond donors (Lipinski definition) is 2. The Balaban J connectivity index is 1.52. The highest BCUT2D eigenvalue weighted by Gasteiger charge is 2.36. The third-order valence-corrected chi connectivity index (χ3v) is 4.67. The van der Waals surface area contributed by atoms with Crippen LogP contribution in [0, 0.1) is 0 Å². The highest BCUT2D eigenvalue weighted by Crippen LogP contribution is 2.26. The van der Waals surface area contributed by atoms with Crippen molar-refractivity contribution in [3.63, 3.8) is 0 Å². The van der Waals surface area contributed by atoms with E-state index < -0.39 is 12.0 Å². The van der Waals surface area contributed by atoms with Crippen LogP contribution in [0.2, 0.25) is 0 Å². The maximum atomic E-state index is 13.0. The van der Waals surface area contributed by atoms with Gasteiger partial charge in [-0.05, 0) is 43.3 Å². The fourth-order valence-corrected chi connectivity index (χ4v) is 3.23. The van der Waals surface area contributed by atoms with E-state index in [0.29, 0.717) is 5.69 Å². The van der Waals surface area contributed by atoms with Crippen LogP contribution in [0.5, 0.6) is 0 Å². The van der Waals surface area contributed by atoms with Gasteiger partial charge in [0.2, 0.25) is 5.91 Å². The number of benzene rings is 2. The summed E-state index contributed by atoms with van der Waals surface area (Å²) < 4.78 is 5.07. The van der Waals surface area contributed by atoms with Gasteiger partial charge < -0.3 is 15.0 Å². The molecule has 1 atom stereocenters. The first-order chi connectivity index (χ1) is 14.7. The zero-order valence-electron chi connectivity index (χ0n) is 16.4. The average molecular weight is 403 g/mol. The molecule has 3 aromatic rings. The van der Waals surface area contributed by atoms with Gasteiger partial charge in [-0.1, -0.05) is 18.2 Å². The van der Waals surface area contributed by atoms with E-state index in [2.05, 4.69) is 20.4 Å². The molecule has 1 aliphatic rings. The van der Waals surface area contributed by atoms with Gasteiger partial charge in [0.05, 0.1) is 12.3 Å². The first kappa shape index (κ1) is 19.4. The summed E-state index contributed by atoms with van der Waals surface area (Å²) in [6.07, 6.45) is 3.61. The Morgan fingerprint density at radius 3 is 2.60 bits per heavy atom. The van der Waals surface area contributed by atoms with Crippen LogP contribution < -0.4 is 10.3 Å². The van der Waals surface area contributed by atoms with E-state index in [0.717, 1.165) is 17.1 Å². The molecule has 152 valence electrons. The number of carbonyl (C=O) groups is 2. The number of hydrogen-bond acceptors (Lipinski definition) is 6. The molecule has 0 bridgehead atoms. The van der Waals surface area contributed by atoms with Crippen molar-refractivity contribution in [2.75, 3.05) is 16.9 Å². The smallest absolute Gasteiger partial charge is 0.354 e. The van der Waals surface area contributed by atoms with Gasteiger partial charge in [0.15, 0.2) is 0 Å². The Morgan fingerprint density at radius 2 is 1.93 bits per heavy atom. The zero-order chi connectivity index (χ0) is 20.9. The van der Waals surface area contributed by atoms with Crippen LogP contribution in [0.15, 0.2) is 72.1 Å². The summed E-state index contributed by atoms with van der Waals surface area (Å²) in [5.41, 5.74) is 2.52. The molecule has 0 radical (unpaired) electrons. The van der Waals surface area contributed by atoms with Crippen molar-refractivity contribution >= 4 is 29.0 Å². The molecule has 8 nitrogen and oxygen atoms in total. The monoisotopic (exact) mass is 403 g/mol. The molecule has 2 aromatic carbocycles. The van der Waals surface area contributed by atoms with Crippen molar-refractivity contribution in [2.24, 2.45) is 5.10 Å². The van der Waals surface area contributed by atoms with Crippen LogP contribution in [0.4, 0.5) is 11.4 Å². The molecule has 30 heavy (non-hydrogen) atoms. The van der Waals surface area contributed by atoms with Crippen LogP contribution in [0.3, 0.4) is 0 Å². The van der Waals surface area contributed by atoms with Gasteiger partial charge in [-0.25, -0.2) is 9.78 Å². The van der Waals surface area contributed by atoms with Gasteiger partial charge in [0.1, 0.15) is 17.6 Å². The van der Waals surface area contributed by atoms with Crippen molar-refractivity contribution in [2.45, 2.75) is 19.4 Å². The highest BCUT2D eigenvalue weighted by molar-refractivity contribution is 6.38. The summed E-state index contributed by atoms with van der Waals surface area (Å²) in [7, 11) is 0. The number of anilines is 2. The summed E-state index contributed by atoms with van der Waals surface area (Å²) >= 11 is 0. The quantitative estimate of drug-likeness (QED) is 0.616. The molecule has 0 saturated carbocycles. The third-order valence-electron chi connectivity index (χ3n) is 4.67. The second-order valence-electron chi connectivity index (χ2n) is 6.67. The topological polar surface area (TPSA) is 99.7 Å². The Hall–Kier alpha value is -3.94. The number of esters is 1. The number of para-hydroxylation sites is 1. The van der Waals surface area contributed by atoms with Gasteiger partial charge >= 0.3 is 5.97 Å². The number of nitrogens with zero attached hydrogens (tertiary/aromatic N) is 3. The van der Waals surface area contributed by atoms with Gasteiger partial charge in [-0.2, -0.15) is 5.10 Å². The maximum Gasteiger partial charge on any atom is 0.354 e. The number of aromatic nitrogens is 2. The van der Waals surface area contributed by atoms with Crippen LogP contribution in [-0.4, -0.2) is 40.2 Å². The Labute approximate surface area is 173 Å². The minimum Gasteiger partial charge on any atom is -0.461 e. The summed E-state index contributed by atoms with van der Waals surface area (Å²) in [4.78, 5) is 32.5. The third kappa shape index (κ3) is 4.07. The number of rotatable bonds is 6. The average Bonchev–Trinajstić information content (AvgIpc) is 3.46. The standard InChI is InChI=1S/C22H21N5O3/c1-2-30-22(29)18-14-19(27(26-18)17-6-4-3-5-7-17)21(28)25-16-10-8-15(9-11-16)20-23-12-13-24-20/h3-13,19H,2,14H2,1H3,(H,23,24)(H,25,28). The minimum absolute atomic E-state index is 0.171. The SMILES string of the molecule is CCOC(=O)C1=NN(c2ccccc2)C(C(=O)Nc2ccc(-c3ncc[nH]3)cc2)C1. The summed E-state index contributed by atoms with van der Waals surface area (Å²) in [5, 5.41) is 8.85. The number of hydrazone groups is 1. The normalized spacial score (nSPS) is 15.6. The lowest BCUT2D eigenvalue weighted by atomic mass is 10.1. The van der Waals surface area contributed by atoms with Crippen LogP contribution in [-0.2, 0) is 14.3 Å². The molecule has 0 aliphatic carbocycles. The van der Waals surface area contributed by atoms with E-state index >= 15 is 0 Å². The van der Waals surface area contributed by atoms with E-state index in [1.54, 1.807) is 24.3 Å². The second kappa shape index (κ2) is 8.60. The number of nitrogens with one attached hydrogen (secondary N) is 2. The lowest BCUT2D eigenvalue weighted by molar-refractivity contribution is -0.135. The second-order valence-corrected chi connectivity index (χ2v) is 6.67. The lowest BCUT2D eigenvalue weighted by Gasteiger charge is -2.22. The fourth-order valence-electron chi connectivity index (χ4n) is 3.23. The van der Waals surface area contributed by atoms with Gasteiger partial charge in [-0.3, -0.25) is 9.80 Å². The van der Waals surface area contributed by atoms with Gasteiger partial charge in [-0.15, -0.1) is 0 Å². The van der Waals surface area contributed by atoms with Gasteiger partial charge in [0.25, 0.3) is 0 Å². The van der Waals surface area contributed by atoms with Crippen molar-refractivity contribution in [1.29, 1.82) is 0 Å². The number of imidazole rings is 1. The van der Waals surface area contributed by atoms with Crippen molar-refractivity contribution in [1.82, 2.24) is 9.97 Å². The van der Waals surface area contributed by atoms with Crippen molar-refractivity contribution < 1.29 is 14.3 Å². The highest BCUT2D eigenvalue weighted by atomic mass is 16.5. The Bertz CT molecular complexity index is 1050.